The smallest absolute Gasteiger partial charge is 0.202 e. The lowest BCUT2D eigenvalue weighted by molar-refractivity contribution is -0.111. The van der Waals surface area contributed by atoms with E-state index in [1.807, 2.05) is 4.57 Å². The number of hydrogen-bond acceptors (Lipinski definition) is 3. The van der Waals surface area contributed by atoms with Crippen molar-refractivity contribution >= 4 is 13.9 Å². The largest absolute Gasteiger partial charge is 0.361 e. The van der Waals surface area contributed by atoms with Gasteiger partial charge in [0.25, 0.3) is 0 Å². The molecule has 0 aliphatic heterocycles. The van der Waals surface area contributed by atoms with E-state index in [2.05, 4.69) is 36.5 Å². The third kappa shape index (κ3) is 6.38. The lowest BCUT2D eigenvalue weighted by Crippen LogP contribution is -2.21. The molecule has 0 bridgehead atoms. The summed E-state index contributed by atoms with van der Waals surface area (Å²) in [7, 11) is -1.03. The molecule has 1 rings (SSSR count). The first-order chi connectivity index (χ1) is 8.37. The quantitative estimate of drug-likeness (QED) is 0.465. The van der Waals surface area contributed by atoms with Crippen molar-refractivity contribution in [2.24, 2.45) is 0 Å². The van der Waals surface area contributed by atoms with Gasteiger partial charge in [0.2, 0.25) is 5.78 Å². The van der Waals surface area contributed by atoms with Crippen LogP contribution in [0.5, 0.6) is 0 Å². The van der Waals surface area contributed by atoms with Crippen LogP contribution in [-0.4, -0.2) is 30.0 Å². The molecule has 1 heterocycles. The molecule has 0 amide bonds. The van der Waals surface area contributed by atoms with Crippen LogP contribution in [0.1, 0.15) is 12.6 Å². The van der Waals surface area contributed by atoms with E-state index in [9.17, 15) is 4.79 Å². The van der Waals surface area contributed by atoms with Crippen molar-refractivity contribution in [1.82, 2.24) is 9.55 Å². The molecule has 1 aromatic heterocycles. The van der Waals surface area contributed by atoms with Crippen molar-refractivity contribution in [3.63, 3.8) is 0 Å². The van der Waals surface area contributed by atoms with Gasteiger partial charge in [0, 0.05) is 27.8 Å². The average molecular weight is 264 g/mol. The summed E-state index contributed by atoms with van der Waals surface area (Å²) in [5.74, 6) is 5.00. The summed E-state index contributed by atoms with van der Waals surface area (Å²) in [5, 5.41) is 0. The molecular formula is C13H20N2O2Si. The molecule has 98 valence electrons. The molecule has 0 N–H and O–H groups in total. The van der Waals surface area contributed by atoms with Crippen molar-refractivity contribution in [2.45, 2.75) is 39.3 Å². The van der Waals surface area contributed by atoms with Crippen molar-refractivity contribution < 1.29 is 9.53 Å². The first-order valence-electron chi connectivity index (χ1n) is 5.99. The van der Waals surface area contributed by atoms with Crippen molar-refractivity contribution in [3.8, 4) is 11.8 Å². The van der Waals surface area contributed by atoms with E-state index < -0.39 is 8.07 Å². The summed E-state index contributed by atoms with van der Waals surface area (Å²) in [4.78, 5) is 14.8. The van der Waals surface area contributed by atoms with E-state index in [1.54, 1.807) is 12.5 Å². The van der Waals surface area contributed by atoms with Gasteiger partial charge in [0.1, 0.15) is 12.4 Å². The van der Waals surface area contributed by atoms with Gasteiger partial charge in [0.15, 0.2) is 0 Å². The fourth-order valence-electron chi connectivity index (χ4n) is 1.20. The fraction of sp³-hybridized carbons (Fsp3) is 0.538. The minimum atomic E-state index is -1.03. The second-order valence-electron chi connectivity index (χ2n) is 5.43. The van der Waals surface area contributed by atoms with Gasteiger partial charge in [-0.2, -0.15) is 0 Å². The molecular weight excluding hydrogens is 244 g/mol. The molecule has 0 saturated heterocycles. The third-order valence-corrected chi connectivity index (χ3v) is 3.94. The maximum atomic E-state index is 10.7. The molecule has 0 unspecified atom stereocenters. The van der Waals surface area contributed by atoms with E-state index >= 15 is 0 Å². The number of nitrogens with zero attached hydrogens (tertiary/aromatic N) is 2. The van der Waals surface area contributed by atoms with Crippen LogP contribution in [0.3, 0.4) is 0 Å². The number of hydrogen-bond donors (Lipinski definition) is 0. The number of aromatic nitrogens is 2. The van der Waals surface area contributed by atoms with Crippen molar-refractivity contribution in [2.75, 3.05) is 6.61 Å². The Hall–Kier alpha value is -1.38. The molecule has 18 heavy (non-hydrogen) atoms. The highest BCUT2D eigenvalue weighted by Gasteiger charge is 2.11. The summed E-state index contributed by atoms with van der Waals surface area (Å²) in [6, 6.07) is 1.15. The molecule has 0 aliphatic carbocycles. The minimum absolute atomic E-state index is 0.157. The summed E-state index contributed by atoms with van der Waals surface area (Å²) in [5.41, 5.74) is 0.596. The van der Waals surface area contributed by atoms with Gasteiger partial charge in [-0.3, -0.25) is 4.79 Å². The zero-order valence-electron chi connectivity index (χ0n) is 11.5. The van der Waals surface area contributed by atoms with Crippen LogP contribution in [0.25, 0.3) is 0 Å². The Morgan fingerprint density at radius 1 is 1.50 bits per heavy atom. The number of ketones is 1. The molecule has 0 spiro atoms. The zero-order chi connectivity index (χ0) is 13.6. The molecule has 0 aliphatic rings. The molecule has 0 radical (unpaired) electrons. The van der Waals surface area contributed by atoms with Gasteiger partial charge >= 0.3 is 0 Å². The van der Waals surface area contributed by atoms with Gasteiger partial charge in [-0.1, -0.05) is 19.6 Å². The van der Waals surface area contributed by atoms with Crippen LogP contribution in [0.15, 0.2) is 12.5 Å². The molecule has 0 atom stereocenters. The molecule has 0 saturated carbocycles. The molecule has 0 aromatic carbocycles. The number of carbonyl (C=O) groups excluding carboxylic acids is 1. The fourth-order valence-corrected chi connectivity index (χ4v) is 1.95. The Labute approximate surface area is 109 Å². The van der Waals surface area contributed by atoms with Gasteiger partial charge < -0.3 is 9.30 Å². The van der Waals surface area contributed by atoms with Crippen molar-refractivity contribution in [3.05, 3.63) is 18.2 Å². The van der Waals surface area contributed by atoms with Gasteiger partial charge in [-0.05, 0) is 17.9 Å². The highest BCUT2D eigenvalue weighted by atomic mass is 28.3. The van der Waals surface area contributed by atoms with E-state index in [-0.39, 0.29) is 5.78 Å². The van der Waals surface area contributed by atoms with Gasteiger partial charge in [-0.15, -0.1) is 0 Å². The number of carbonyl (C=O) groups is 1. The number of imidazole rings is 1. The Balaban J connectivity index is 2.37. The van der Waals surface area contributed by atoms with Crippen LogP contribution in [0.4, 0.5) is 0 Å². The van der Waals surface area contributed by atoms with Crippen LogP contribution in [0, 0.1) is 11.8 Å². The Morgan fingerprint density at radius 3 is 2.83 bits per heavy atom. The summed E-state index contributed by atoms with van der Waals surface area (Å²) in [6.45, 7) is 9.67. The summed E-state index contributed by atoms with van der Waals surface area (Å²) < 4.78 is 7.40. The van der Waals surface area contributed by atoms with E-state index in [4.69, 9.17) is 4.74 Å². The second kappa shape index (κ2) is 6.52. The van der Waals surface area contributed by atoms with Gasteiger partial charge in [0.05, 0.1) is 6.33 Å². The highest BCUT2D eigenvalue weighted by molar-refractivity contribution is 6.76. The van der Waals surface area contributed by atoms with Crippen LogP contribution < -0.4 is 0 Å². The topological polar surface area (TPSA) is 44.1 Å². The first kappa shape index (κ1) is 14.7. The lowest BCUT2D eigenvalue weighted by Gasteiger charge is -2.15. The lowest BCUT2D eigenvalue weighted by atomic mass is 10.4. The predicted octanol–water partition coefficient (Wildman–Crippen LogP) is 2.14. The number of ether oxygens (including phenoxy) is 1. The van der Waals surface area contributed by atoms with E-state index in [1.165, 1.54) is 6.92 Å². The number of rotatable bonds is 5. The Kier molecular flexibility index (Phi) is 5.32. The summed E-state index contributed by atoms with van der Waals surface area (Å²) >= 11 is 0. The standard InChI is InChI=1S/C13H20N2O2Si/c1-12(16)5-6-13-9-15(10-14-13)11-17-7-8-18(2,3)4/h9-10H,7-8,11H2,1-4H3. The molecule has 5 heteroatoms. The monoisotopic (exact) mass is 264 g/mol. The number of Topliss-reactive ketones (excluding diaryl/α,β-unsaturated/α-hetero) is 1. The van der Waals surface area contributed by atoms with Crippen LogP contribution in [-0.2, 0) is 16.3 Å². The zero-order valence-corrected chi connectivity index (χ0v) is 12.5. The van der Waals surface area contributed by atoms with Crippen molar-refractivity contribution in [1.29, 1.82) is 0 Å². The third-order valence-electron chi connectivity index (χ3n) is 2.24. The second-order valence-corrected chi connectivity index (χ2v) is 11.0. The molecule has 1 aromatic rings. The summed E-state index contributed by atoms with van der Waals surface area (Å²) in [6.07, 6.45) is 3.45. The first-order valence-corrected chi connectivity index (χ1v) is 9.70. The predicted molar refractivity (Wildman–Crippen MR) is 73.9 cm³/mol. The highest BCUT2D eigenvalue weighted by Crippen LogP contribution is 2.07. The van der Waals surface area contributed by atoms with E-state index in [0.29, 0.717) is 12.4 Å². The molecule has 4 nitrogen and oxygen atoms in total. The maximum absolute atomic E-state index is 10.7. The Morgan fingerprint density at radius 2 is 2.22 bits per heavy atom. The average Bonchev–Trinajstić information content (AvgIpc) is 2.68. The molecule has 0 fully saturated rings. The maximum Gasteiger partial charge on any atom is 0.202 e. The SMILES string of the molecule is CC(=O)C#Cc1cn(COCC[Si](C)(C)C)cn1. The van der Waals surface area contributed by atoms with E-state index in [0.717, 1.165) is 12.7 Å². The normalized spacial score (nSPS) is 10.9. The van der Waals surface area contributed by atoms with Crippen LogP contribution in [0.2, 0.25) is 25.7 Å². The Bertz CT molecular complexity index is 463. The van der Waals surface area contributed by atoms with Crippen LogP contribution >= 0.6 is 0 Å². The minimum Gasteiger partial charge on any atom is -0.361 e. The van der Waals surface area contributed by atoms with Gasteiger partial charge in [-0.25, -0.2) is 4.98 Å².